The largest absolute Gasteiger partial charge is 0.355 e. The summed E-state index contributed by atoms with van der Waals surface area (Å²) in [5, 5.41) is 2.94. The third-order valence-corrected chi connectivity index (χ3v) is 3.86. The Bertz CT molecular complexity index is 435. The highest BCUT2D eigenvalue weighted by Crippen LogP contribution is 2.15. The minimum Gasteiger partial charge on any atom is -0.355 e. The highest BCUT2D eigenvalue weighted by Gasteiger charge is 2.26. The van der Waals surface area contributed by atoms with Crippen LogP contribution in [0.3, 0.4) is 0 Å². The van der Waals surface area contributed by atoms with Gasteiger partial charge < -0.3 is 11.1 Å². The summed E-state index contributed by atoms with van der Waals surface area (Å²) < 4.78 is 0. The molecule has 1 atom stereocenters. The summed E-state index contributed by atoms with van der Waals surface area (Å²) in [6.07, 6.45) is 3.56. The lowest BCUT2D eigenvalue weighted by Crippen LogP contribution is -2.51. The smallest absolute Gasteiger partial charge is 0.239 e. The van der Waals surface area contributed by atoms with E-state index in [1.165, 1.54) is 11.1 Å². The van der Waals surface area contributed by atoms with Gasteiger partial charge in [0.25, 0.3) is 0 Å². The molecule has 0 fully saturated rings. The molecule has 3 N–H and O–H groups in total. The van der Waals surface area contributed by atoms with Crippen molar-refractivity contribution in [2.75, 3.05) is 6.54 Å². The van der Waals surface area contributed by atoms with Crippen molar-refractivity contribution in [2.45, 2.75) is 64.8 Å². The van der Waals surface area contributed by atoms with Crippen molar-refractivity contribution in [1.29, 1.82) is 0 Å². The Labute approximate surface area is 129 Å². The molecule has 1 amide bonds. The quantitative estimate of drug-likeness (QED) is 0.721. The monoisotopic (exact) mass is 290 g/mol. The molecule has 1 aromatic carbocycles. The minimum absolute atomic E-state index is 0.0421. The number of rotatable bonds is 8. The van der Waals surface area contributed by atoms with E-state index >= 15 is 0 Å². The van der Waals surface area contributed by atoms with Crippen LogP contribution in [0.5, 0.6) is 0 Å². The second-order valence-electron chi connectivity index (χ2n) is 6.42. The van der Waals surface area contributed by atoms with Gasteiger partial charge in [-0.25, -0.2) is 0 Å². The Kier molecular flexibility index (Phi) is 6.90. The average molecular weight is 290 g/mol. The summed E-state index contributed by atoms with van der Waals surface area (Å²) in [6.45, 7) is 8.92. The van der Waals surface area contributed by atoms with Crippen LogP contribution in [0.2, 0.25) is 0 Å². The van der Waals surface area contributed by atoms with Crippen LogP contribution >= 0.6 is 0 Å². The molecule has 1 rings (SSSR count). The Morgan fingerprint density at radius 2 is 1.90 bits per heavy atom. The predicted octanol–water partition coefficient (Wildman–Crippen LogP) is 3.38. The highest BCUT2D eigenvalue weighted by atomic mass is 16.2. The van der Waals surface area contributed by atoms with Crippen molar-refractivity contribution >= 4 is 5.91 Å². The van der Waals surface area contributed by atoms with Gasteiger partial charge in [-0.1, -0.05) is 51.5 Å². The normalized spacial score (nSPS) is 14.0. The van der Waals surface area contributed by atoms with Gasteiger partial charge in [0.1, 0.15) is 0 Å². The van der Waals surface area contributed by atoms with Crippen molar-refractivity contribution < 1.29 is 4.79 Å². The Morgan fingerprint density at radius 1 is 1.29 bits per heavy atom. The van der Waals surface area contributed by atoms with Crippen LogP contribution in [0.15, 0.2) is 24.3 Å². The Morgan fingerprint density at radius 3 is 2.43 bits per heavy atom. The number of carbonyl (C=O) groups is 1. The van der Waals surface area contributed by atoms with Gasteiger partial charge >= 0.3 is 0 Å². The molecule has 0 aliphatic carbocycles. The molecular formula is C18H30N2O. The molecule has 3 heteroatoms. The number of aryl methyl sites for hydroxylation is 1. The molecule has 0 radical (unpaired) electrons. The molecule has 0 bridgehead atoms. The first-order chi connectivity index (χ1) is 9.86. The lowest BCUT2D eigenvalue weighted by Gasteiger charge is -2.22. The fraction of sp³-hybridized carbons (Fsp3) is 0.611. The molecule has 0 saturated heterocycles. The highest BCUT2D eigenvalue weighted by molar-refractivity contribution is 5.85. The van der Waals surface area contributed by atoms with Crippen molar-refractivity contribution in [3.63, 3.8) is 0 Å². The summed E-state index contributed by atoms with van der Waals surface area (Å²) >= 11 is 0. The predicted molar refractivity (Wildman–Crippen MR) is 89.4 cm³/mol. The van der Waals surface area contributed by atoms with E-state index in [0.29, 0.717) is 12.5 Å². The standard InChI is InChI=1S/C18H30N2O/c1-5-12-18(4,19)17(21)20-13-6-7-15-8-10-16(11-9-15)14(2)3/h8-11,14H,5-7,12-13,19H2,1-4H3,(H,20,21). The number of nitrogens with two attached hydrogens (primary N) is 1. The van der Waals surface area contributed by atoms with Crippen LogP contribution < -0.4 is 11.1 Å². The summed E-state index contributed by atoms with van der Waals surface area (Å²) in [4.78, 5) is 11.9. The fourth-order valence-electron chi connectivity index (χ4n) is 2.40. The van der Waals surface area contributed by atoms with Gasteiger partial charge in [0.15, 0.2) is 0 Å². The van der Waals surface area contributed by atoms with Crippen LogP contribution in [0.4, 0.5) is 0 Å². The first-order valence-electron chi connectivity index (χ1n) is 8.03. The van der Waals surface area contributed by atoms with Gasteiger partial charge in [-0.15, -0.1) is 0 Å². The lowest BCUT2D eigenvalue weighted by molar-refractivity contribution is -0.126. The number of nitrogens with one attached hydrogen (secondary N) is 1. The number of amides is 1. The van der Waals surface area contributed by atoms with Crippen molar-refractivity contribution in [2.24, 2.45) is 5.73 Å². The van der Waals surface area contributed by atoms with Gasteiger partial charge in [0.2, 0.25) is 5.91 Å². The number of benzene rings is 1. The summed E-state index contributed by atoms with van der Waals surface area (Å²) in [7, 11) is 0. The molecule has 21 heavy (non-hydrogen) atoms. The van der Waals surface area contributed by atoms with Crippen LogP contribution in [0.25, 0.3) is 0 Å². The van der Waals surface area contributed by atoms with Crippen LogP contribution in [0, 0.1) is 0 Å². The molecule has 3 nitrogen and oxygen atoms in total. The van der Waals surface area contributed by atoms with E-state index in [0.717, 1.165) is 25.7 Å². The summed E-state index contributed by atoms with van der Waals surface area (Å²) in [6, 6.07) is 8.75. The lowest BCUT2D eigenvalue weighted by atomic mass is 9.96. The number of hydrogen-bond acceptors (Lipinski definition) is 2. The van der Waals surface area contributed by atoms with E-state index in [1.807, 2.05) is 6.92 Å². The van der Waals surface area contributed by atoms with Crippen molar-refractivity contribution in [3.05, 3.63) is 35.4 Å². The summed E-state index contributed by atoms with van der Waals surface area (Å²) in [5.41, 5.74) is 7.94. The Hall–Kier alpha value is -1.35. The van der Waals surface area contributed by atoms with Crippen LogP contribution in [0.1, 0.15) is 64.0 Å². The van der Waals surface area contributed by atoms with Gasteiger partial charge in [-0.05, 0) is 43.2 Å². The topological polar surface area (TPSA) is 55.1 Å². The third kappa shape index (κ3) is 5.88. The SMILES string of the molecule is CCCC(C)(N)C(=O)NCCCc1ccc(C(C)C)cc1. The van der Waals surface area contributed by atoms with E-state index in [2.05, 4.69) is 43.4 Å². The van der Waals surface area contributed by atoms with Gasteiger partial charge in [-0.2, -0.15) is 0 Å². The second kappa shape index (κ2) is 8.18. The van der Waals surface area contributed by atoms with E-state index in [9.17, 15) is 4.79 Å². The average Bonchev–Trinajstić information content (AvgIpc) is 2.43. The molecule has 1 unspecified atom stereocenters. The molecule has 0 saturated carbocycles. The molecule has 118 valence electrons. The zero-order valence-electron chi connectivity index (χ0n) is 13.9. The van der Waals surface area contributed by atoms with Crippen molar-refractivity contribution in [3.8, 4) is 0 Å². The zero-order chi connectivity index (χ0) is 15.9. The fourth-order valence-corrected chi connectivity index (χ4v) is 2.40. The maximum atomic E-state index is 11.9. The van der Waals surface area contributed by atoms with Crippen LogP contribution in [-0.2, 0) is 11.2 Å². The first kappa shape index (κ1) is 17.7. The maximum Gasteiger partial charge on any atom is 0.239 e. The van der Waals surface area contributed by atoms with E-state index < -0.39 is 5.54 Å². The molecule has 0 aromatic heterocycles. The Balaban J connectivity index is 2.32. The minimum atomic E-state index is -0.742. The van der Waals surface area contributed by atoms with Crippen molar-refractivity contribution in [1.82, 2.24) is 5.32 Å². The van der Waals surface area contributed by atoms with Gasteiger partial charge in [0.05, 0.1) is 5.54 Å². The molecule has 0 heterocycles. The molecular weight excluding hydrogens is 260 g/mol. The number of hydrogen-bond donors (Lipinski definition) is 2. The zero-order valence-corrected chi connectivity index (χ0v) is 13.9. The third-order valence-electron chi connectivity index (χ3n) is 3.86. The molecule has 0 spiro atoms. The summed E-state index contributed by atoms with van der Waals surface area (Å²) in [5.74, 6) is 0.527. The van der Waals surface area contributed by atoms with E-state index in [-0.39, 0.29) is 5.91 Å². The second-order valence-corrected chi connectivity index (χ2v) is 6.42. The molecule has 0 aliphatic rings. The molecule has 0 aliphatic heterocycles. The van der Waals surface area contributed by atoms with Gasteiger partial charge in [-0.3, -0.25) is 4.79 Å². The first-order valence-corrected chi connectivity index (χ1v) is 8.03. The van der Waals surface area contributed by atoms with Crippen LogP contribution in [-0.4, -0.2) is 18.0 Å². The van der Waals surface area contributed by atoms with Gasteiger partial charge in [0, 0.05) is 6.54 Å². The molecule has 1 aromatic rings. The number of carbonyl (C=O) groups excluding carboxylic acids is 1. The van der Waals surface area contributed by atoms with E-state index in [4.69, 9.17) is 5.73 Å². The van der Waals surface area contributed by atoms with E-state index in [1.54, 1.807) is 6.92 Å². The maximum absolute atomic E-state index is 11.9.